The molecule has 1 aromatic carbocycles. The lowest BCUT2D eigenvalue weighted by atomic mass is 10.2. The number of hydrogen-bond donors (Lipinski definition) is 1. The predicted octanol–water partition coefficient (Wildman–Crippen LogP) is 2.17. The van der Waals surface area contributed by atoms with Crippen LogP contribution in [0.1, 0.15) is 12.5 Å². The minimum atomic E-state index is -0.0134. The number of aliphatic hydroxyl groups is 1. The molecule has 1 saturated heterocycles. The Hall–Kier alpha value is -0.550. The van der Waals surface area contributed by atoms with Gasteiger partial charge in [0.2, 0.25) is 0 Å². The van der Waals surface area contributed by atoms with Gasteiger partial charge in [-0.05, 0) is 26.0 Å². The van der Waals surface area contributed by atoms with Crippen LogP contribution < -0.4 is 0 Å². The van der Waals surface area contributed by atoms with Crippen molar-refractivity contribution < 1.29 is 9.84 Å². The van der Waals surface area contributed by atoms with Gasteiger partial charge in [0.05, 0.1) is 19.3 Å². The lowest BCUT2D eigenvalue weighted by molar-refractivity contribution is -0.0757. The fraction of sp³-hybridized carbons (Fsp3) is 0.600. The molecule has 1 N–H and O–H groups in total. The highest BCUT2D eigenvalue weighted by Gasteiger charge is 2.24. The number of benzene rings is 1. The summed E-state index contributed by atoms with van der Waals surface area (Å²) in [6.45, 7) is 7.02. The summed E-state index contributed by atoms with van der Waals surface area (Å²) in [6.07, 6.45) is -0.0134. The molecule has 2 rings (SSSR count). The second-order valence-corrected chi connectivity index (χ2v) is 6.31. The average Bonchev–Trinajstić information content (AvgIpc) is 2.43. The van der Waals surface area contributed by atoms with Crippen LogP contribution in [-0.4, -0.2) is 54.2 Å². The summed E-state index contributed by atoms with van der Waals surface area (Å²) in [5, 5.41) is 9.17. The van der Waals surface area contributed by atoms with E-state index in [1.807, 2.05) is 11.8 Å². The van der Waals surface area contributed by atoms with Crippen LogP contribution in [0.15, 0.2) is 29.2 Å². The Labute approximate surface area is 120 Å². The molecular weight excluding hydrogens is 258 g/mol. The van der Waals surface area contributed by atoms with E-state index in [1.54, 1.807) is 0 Å². The van der Waals surface area contributed by atoms with Gasteiger partial charge in [0.15, 0.2) is 0 Å². The quantitative estimate of drug-likeness (QED) is 0.839. The molecular formula is C15H23NO2S. The first kappa shape index (κ1) is 14.9. The highest BCUT2D eigenvalue weighted by atomic mass is 32.2. The van der Waals surface area contributed by atoms with Gasteiger partial charge in [0.25, 0.3) is 0 Å². The van der Waals surface area contributed by atoms with Crippen LogP contribution in [-0.2, 0) is 4.74 Å². The maximum atomic E-state index is 9.17. The zero-order chi connectivity index (χ0) is 13.7. The third-order valence-corrected chi connectivity index (χ3v) is 4.50. The molecule has 4 heteroatoms. The van der Waals surface area contributed by atoms with Gasteiger partial charge in [-0.15, -0.1) is 11.8 Å². The summed E-state index contributed by atoms with van der Waals surface area (Å²) >= 11 is 1.89. The molecule has 3 nitrogen and oxygen atoms in total. The summed E-state index contributed by atoms with van der Waals surface area (Å²) in [4.78, 5) is 3.73. The van der Waals surface area contributed by atoms with Crippen molar-refractivity contribution in [2.24, 2.45) is 0 Å². The molecule has 19 heavy (non-hydrogen) atoms. The van der Waals surface area contributed by atoms with E-state index in [4.69, 9.17) is 9.84 Å². The molecule has 1 heterocycles. The molecule has 0 bridgehead atoms. The maximum absolute atomic E-state index is 9.17. The van der Waals surface area contributed by atoms with Crippen molar-refractivity contribution in [2.45, 2.75) is 30.9 Å². The van der Waals surface area contributed by atoms with E-state index in [-0.39, 0.29) is 12.7 Å². The molecule has 1 aliphatic rings. The lowest BCUT2D eigenvalue weighted by Crippen LogP contribution is -2.50. The third-order valence-electron chi connectivity index (χ3n) is 3.51. The summed E-state index contributed by atoms with van der Waals surface area (Å²) < 4.78 is 5.55. The molecule has 1 aliphatic heterocycles. The van der Waals surface area contributed by atoms with E-state index in [2.05, 4.69) is 43.0 Å². The monoisotopic (exact) mass is 281 g/mol. The Morgan fingerprint density at radius 2 is 2.11 bits per heavy atom. The van der Waals surface area contributed by atoms with E-state index in [1.165, 1.54) is 10.5 Å². The topological polar surface area (TPSA) is 32.7 Å². The Kier molecular flexibility index (Phi) is 5.70. The largest absolute Gasteiger partial charge is 0.394 e. The number of aryl methyl sites for hydroxylation is 1. The maximum Gasteiger partial charge on any atom is 0.0933 e. The first-order valence-electron chi connectivity index (χ1n) is 6.85. The number of ether oxygens (including phenoxy) is 1. The number of hydrogen-bond acceptors (Lipinski definition) is 4. The third kappa shape index (κ3) is 4.49. The lowest BCUT2D eigenvalue weighted by Gasteiger charge is -2.37. The van der Waals surface area contributed by atoms with Crippen LogP contribution in [0.25, 0.3) is 0 Å². The van der Waals surface area contributed by atoms with Crippen LogP contribution in [0.2, 0.25) is 0 Å². The molecule has 0 radical (unpaired) electrons. The van der Waals surface area contributed by atoms with E-state index in [0.29, 0.717) is 6.04 Å². The fourth-order valence-corrected chi connectivity index (χ4v) is 3.10. The zero-order valence-electron chi connectivity index (χ0n) is 11.7. The number of rotatable bonds is 5. The van der Waals surface area contributed by atoms with Crippen molar-refractivity contribution in [2.75, 3.05) is 32.1 Å². The smallest absolute Gasteiger partial charge is 0.0933 e. The number of morpholine rings is 1. The summed E-state index contributed by atoms with van der Waals surface area (Å²) in [5.41, 5.74) is 1.30. The standard InChI is InChI=1S/C15H23NO2S/c1-12-3-5-15(6-4-12)19-8-7-16-9-14(10-17)18-11-13(16)2/h3-6,13-14,17H,7-11H2,1-2H3. The molecule has 0 aromatic heterocycles. The van der Waals surface area contributed by atoms with Crippen molar-refractivity contribution in [3.8, 4) is 0 Å². The first-order valence-corrected chi connectivity index (χ1v) is 7.83. The molecule has 1 fully saturated rings. The van der Waals surface area contributed by atoms with Crippen molar-refractivity contribution in [1.29, 1.82) is 0 Å². The average molecular weight is 281 g/mol. The number of nitrogens with zero attached hydrogens (tertiary/aromatic N) is 1. The zero-order valence-corrected chi connectivity index (χ0v) is 12.5. The van der Waals surface area contributed by atoms with Gasteiger partial charge in [-0.2, -0.15) is 0 Å². The van der Waals surface area contributed by atoms with Crippen LogP contribution in [0.3, 0.4) is 0 Å². The highest BCUT2D eigenvalue weighted by Crippen LogP contribution is 2.19. The van der Waals surface area contributed by atoms with Crippen molar-refractivity contribution in [1.82, 2.24) is 4.90 Å². The SMILES string of the molecule is Cc1ccc(SCCN2CC(CO)OCC2C)cc1. The summed E-state index contributed by atoms with van der Waals surface area (Å²) in [5.74, 6) is 1.07. The second-order valence-electron chi connectivity index (χ2n) is 5.14. The predicted molar refractivity (Wildman–Crippen MR) is 79.8 cm³/mol. The van der Waals surface area contributed by atoms with Crippen molar-refractivity contribution >= 4 is 11.8 Å². The van der Waals surface area contributed by atoms with E-state index in [0.717, 1.165) is 25.4 Å². The Morgan fingerprint density at radius 3 is 2.79 bits per heavy atom. The van der Waals surface area contributed by atoms with Crippen LogP contribution >= 0.6 is 11.8 Å². The van der Waals surface area contributed by atoms with Crippen molar-refractivity contribution in [3.05, 3.63) is 29.8 Å². The van der Waals surface area contributed by atoms with Crippen LogP contribution in [0.4, 0.5) is 0 Å². The molecule has 2 unspecified atom stereocenters. The molecule has 1 aromatic rings. The summed E-state index contributed by atoms with van der Waals surface area (Å²) in [7, 11) is 0. The van der Waals surface area contributed by atoms with E-state index < -0.39 is 0 Å². The first-order chi connectivity index (χ1) is 9.19. The number of aliphatic hydroxyl groups excluding tert-OH is 1. The Balaban J connectivity index is 1.76. The van der Waals surface area contributed by atoms with Crippen LogP contribution in [0.5, 0.6) is 0 Å². The second kappa shape index (κ2) is 7.29. The minimum absolute atomic E-state index is 0.0134. The minimum Gasteiger partial charge on any atom is -0.394 e. The molecule has 0 spiro atoms. The van der Waals surface area contributed by atoms with Gasteiger partial charge < -0.3 is 9.84 Å². The molecule has 2 atom stereocenters. The summed E-state index contributed by atoms with van der Waals surface area (Å²) in [6, 6.07) is 9.11. The van der Waals surface area contributed by atoms with Gasteiger partial charge in [-0.1, -0.05) is 17.7 Å². The molecule has 0 saturated carbocycles. The van der Waals surface area contributed by atoms with Gasteiger partial charge >= 0.3 is 0 Å². The normalized spacial score (nSPS) is 24.6. The van der Waals surface area contributed by atoms with Gasteiger partial charge in [0.1, 0.15) is 0 Å². The Morgan fingerprint density at radius 1 is 1.37 bits per heavy atom. The van der Waals surface area contributed by atoms with Gasteiger partial charge in [0, 0.05) is 29.8 Å². The van der Waals surface area contributed by atoms with Gasteiger partial charge in [-0.3, -0.25) is 4.90 Å². The van der Waals surface area contributed by atoms with Crippen LogP contribution in [0, 0.1) is 6.92 Å². The van der Waals surface area contributed by atoms with Crippen molar-refractivity contribution in [3.63, 3.8) is 0 Å². The van der Waals surface area contributed by atoms with E-state index in [9.17, 15) is 0 Å². The van der Waals surface area contributed by atoms with E-state index >= 15 is 0 Å². The molecule has 106 valence electrons. The highest BCUT2D eigenvalue weighted by molar-refractivity contribution is 7.99. The fourth-order valence-electron chi connectivity index (χ4n) is 2.21. The Bertz CT molecular complexity index is 382. The number of thioether (sulfide) groups is 1. The van der Waals surface area contributed by atoms with Gasteiger partial charge in [-0.25, -0.2) is 0 Å². The molecule has 0 amide bonds. The molecule has 0 aliphatic carbocycles.